The molecule has 6 heteroatoms. The number of hydrogen-bond acceptors (Lipinski definition) is 1. The lowest BCUT2D eigenvalue weighted by Crippen LogP contribution is -2.14. The monoisotopic (exact) mass is 335 g/mol. The lowest BCUT2D eigenvalue weighted by atomic mass is 10.2. The van der Waals surface area contributed by atoms with Gasteiger partial charge in [-0.15, -0.1) is 0 Å². The van der Waals surface area contributed by atoms with Gasteiger partial charge in [-0.2, -0.15) is 13.2 Å². The minimum absolute atomic E-state index is 0.101. The summed E-state index contributed by atoms with van der Waals surface area (Å²) in [5.41, 5.74) is -0.237. The molecule has 0 bridgehead atoms. The molecule has 1 N–H and O–H groups in total. The summed E-state index contributed by atoms with van der Waals surface area (Å²) in [5.74, 6) is -0.415. The van der Waals surface area contributed by atoms with Gasteiger partial charge in [0.25, 0.3) is 5.91 Å². The Balaban J connectivity index is 3.01. The highest BCUT2D eigenvalue weighted by Gasteiger charge is 2.31. The Kier molecular flexibility index (Phi) is 5.17. The van der Waals surface area contributed by atoms with Gasteiger partial charge in [0, 0.05) is 10.0 Å². The van der Waals surface area contributed by atoms with Crippen LogP contribution >= 0.6 is 15.9 Å². The number of carbonyl (C=O) groups excluding carboxylic acids is 1. The van der Waals surface area contributed by atoms with E-state index in [-0.39, 0.29) is 5.69 Å². The molecule has 0 unspecified atom stereocenters. The topological polar surface area (TPSA) is 29.1 Å². The van der Waals surface area contributed by atoms with E-state index in [1.807, 2.05) is 6.92 Å². The molecule has 1 rings (SSSR count). The zero-order chi connectivity index (χ0) is 14.6. The summed E-state index contributed by atoms with van der Waals surface area (Å²) in [6.07, 6.45) is -2.05. The van der Waals surface area contributed by atoms with Crippen LogP contribution in [0.1, 0.15) is 25.8 Å². The first kappa shape index (κ1) is 15.8. The van der Waals surface area contributed by atoms with Gasteiger partial charge in [-0.1, -0.05) is 13.0 Å². The first-order valence-electron chi connectivity index (χ1n) is 5.60. The maximum Gasteiger partial charge on any atom is 0.416 e. The number of alkyl halides is 3. The SMILES string of the molecule is CC/C=C(/C)C(=O)Nc1cc(C(F)(F)F)ccc1Br. The molecular formula is C13H13BrF3NO. The second kappa shape index (κ2) is 6.23. The van der Waals surface area contributed by atoms with Crippen molar-refractivity contribution < 1.29 is 18.0 Å². The molecule has 1 aromatic rings. The second-order valence-electron chi connectivity index (χ2n) is 3.94. The number of benzene rings is 1. The summed E-state index contributed by atoms with van der Waals surface area (Å²) in [6, 6.07) is 3.12. The molecular weight excluding hydrogens is 323 g/mol. The lowest BCUT2D eigenvalue weighted by molar-refractivity contribution is -0.137. The lowest BCUT2D eigenvalue weighted by Gasteiger charge is -2.12. The minimum atomic E-state index is -4.44. The number of amides is 1. The Morgan fingerprint density at radius 3 is 2.58 bits per heavy atom. The fourth-order valence-electron chi connectivity index (χ4n) is 1.42. The smallest absolute Gasteiger partial charge is 0.321 e. The number of carbonyl (C=O) groups is 1. The molecule has 0 aliphatic rings. The van der Waals surface area contributed by atoms with Crippen molar-refractivity contribution in [1.82, 2.24) is 0 Å². The van der Waals surface area contributed by atoms with Crippen molar-refractivity contribution in [1.29, 1.82) is 0 Å². The van der Waals surface area contributed by atoms with Crippen LogP contribution in [0.5, 0.6) is 0 Å². The van der Waals surface area contributed by atoms with E-state index < -0.39 is 17.6 Å². The number of hydrogen-bond donors (Lipinski definition) is 1. The summed E-state index contributed by atoms with van der Waals surface area (Å²) < 4.78 is 38.1. The predicted octanol–water partition coefficient (Wildman–Crippen LogP) is 4.76. The van der Waals surface area contributed by atoms with Gasteiger partial charge in [0.15, 0.2) is 0 Å². The first-order valence-corrected chi connectivity index (χ1v) is 6.40. The van der Waals surface area contributed by atoms with Crippen molar-refractivity contribution in [2.75, 3.05) is 5.32 Å². The molecule has 0 radical (unpaired) electrons. The Morgan fingerprint density at radius 2 is 2.05 bits per heavy atom. The molecule has 0 spiro atoms. The quantitative estimate of drug-likeness (QED) is 0.792. The number of rotatable bonds is 3. The Labute approximate surface area is 117 Å². The molecule has 19 heavy (non-hydrogen) atoms. The van der Waals surface area contributed by atoms with Gasteiger partial charge < -0.3 is 5.32 Å². The summed E-state index contributed by atoms with van der Waals surface area (Å²) in [7, 11) is 0. The van der Waals surface area contributed by atoms with Crippen molar-refractivity contribution in [3.8, 4) is 0 Å². The normalized spacial score (nSPS) is 12.4. The first-order chi connectivity index (χ1) is 8.75. The maximum atomic E-state index is 12.6. The fraction of sp³-hybridized carbons (Fsp3) is 0.308. The van der Waals surface area contributed by atoms with E-state index >= 15 is 0 Å². The third-order valence-corrected chi connectivity index (χ3v) is 3.10. The minimum Gasteiger partial charge on any atom is -0.321 e. The van der Waals surface area contributed by atoms with Crippen LogP contribution in [0.2, 0.25) is 0 Å². The average molecular weight is 336 g/mol. The second-order valence-corrected chi connectivity index (χ2v) is 4.80. The molecule has 1 amide bonds. The van der Waals surface area contributed by atoms with Crippen LogP contribution in [0, 0.1) is 0 Å². The highest BCUT2D eigenvalue weighted by molar-refractivity contribution is 9.10. The molecule has 2 nitrogen and oxygen atoms in total. The van der Waals surface area contributed by atoms with Crippen LogP contribution in [-0.4, -0.2) is 5.91 Å². The Morgan fingerprint density at radius 1 is 1.42 bits per heavy atom. The molecule has 0 aliphatic carbocycles. The van der Waals surface area contributed by atoms with E-state index in [9.17, 15) is 18.0 Å². The molecule has 1 aromatic carbocycles. The van der Waals surface area contributed by atoms with Gasteiger partial charge in [0.05, 0.1) is 11.3 Å². The summed E-state index contributed by atoms with van der Waals surface area (Å²) in [4.78, 5) is 11.7. The van der Waals surface area contributed by atoms with Crippen molar-refractivity contribution in [2.45, 2.75) is 26.4 Å². The van der Waals surface area contributed by atoms with Crippen LogP contribution in [-0.2, 0) is 11.0 Å². The number of allylic oxidation sites excluding steroid dienone is 1. The fourth-order valence-corrected chi connectivity index (χ4v) is 1.76. The van der Waals surface area contributed by atoms with Crippen LogP contribution in [0.25, 0.3) is 0 Å². The maximum absolute atomic E-state index is 12.6. The largest absolute Gasteiger partial charge is 0.416 e. The highest BCUT2D eigenvalue weighted by atomic mass is 79.9. The standard InChI is InChI=1S/C13H13BrF3NO/c1-3-4-8(2)12(19)18-11-7-9(13(15,16)17)5-6-10(11)14/h4-7H,3H2,1-2H3,(H,18,19)/b8-4-. The third kappa shape index (κ3) is 4.38. The van der Waals surface area contributed by atoms with Gasteiger partial charge in [-0.05, 0) is 47.5 Å². The van der Waals surface area contributed by atoms with E-state index in [2.05, 4.69) is 21.2 Å². The molecule has 0 aromatic heterocycles. The summed E-state index contributed by atoms with van der Waals surface area (Å²) in [6.45, 7) is 3.48. The summed E-state index contributed by atoms with van der Waals surface area (Å²) in [5, 5.41) is 2.45. The van der Waals surface area contributed by atoms with Crippen molar-refractivity contribution in [2.24, 2.45) is 0 Å². The third-order valence-electron chi connectivity index (χ3n) is 2.41. The van der Waals surface area contributed by atoms with E-state index in [1.54, 1.807) is 13.0 Å². The number of nitrogens with one attached hydrogen (secondary N) is 1. The highest BCUT2D eigenvalue weighted by Crippen LogP contribution is 2.34. The van der Waals surface area contributed by atoms with Crippen molar-refractivity contribution >= 4 is 27.5 Å². The number of anilines is 1. The average Bonchev–Trinajstić information content (AvgIpc) is 2.30. The summed E-state index contributed by atoms with van der Waals surface area (Å²) >= 11 is 3.11. The Hall–Kier alpha value is -1.30. The zero-order valence-corrected chi connectivity index (χ0v) is 12.0. The molecule has 0 heterocycles. The predicted molar refractivity (Wildman–Crippen MR) is 71.8 cm³/mol. The van der Waals surface area contributed by atoms with Gasteiger partial charge in [0.2, 0.25) is 0 Å². The van der Waals surface area contributed by atoms with Crippen LogP contribution in [0.3, 0.4) is 0 Å². The molecule has 0 saturated heterocycles. The zero-order valence-electron chi connectivity index (χ0n) is 10.4. The number of halogens is 4. The molecule has 0 saturated carbocycles. The Bertz CT molecular complexity index is 509. The van der Waals surface area contributed by atoms with Crippen molar-refractivity contribution in [3.05, 3.63) is 39.9 Å². The van der Waals surface area contributed by atoms with Crippen molar-refractivity contribution in [3.63, 3.8) is 0 Å². The van der Waals surface area contributed by atoms with Gasteiger partial charge in [0.1, 0.15) is 0 Å². The van der Waals surface area contributed by atoms with E-state index in [4.69, 9.17) is 0 Å². The van der Waals surface area contributed by atoms with Crippen LogP contribution < -0.4 is 5.32 Å². The molecule has 0 aliphatic heterocycles. The van der Waals surface area contributed by atoms with Crippen LogP contribution in [0.4, 0.5) is 18.9 Å². The van der Waals surface area contributed by atoms with Crippen LogP contribution in [0.15, 0.2) is 34.3 Å². The molecule has 0 atom stereocenters. The van der Waals surface area contributed by atoms with E-state index in [0.29, 0.717) is 16.5 Å². The van der Waals surface area contributed by atoms with E-state index in [1.165, 1.54) is 6.07 Å². The molecule has 104 valence electrons. The van der Waals surface area contributed by atoms with Gasteiger partial charge in [-0.3, -0.25) is 4.79 Å². The van der Waals surface area contributed by atoms with Gasteiger partial charge >= 0.3 is 6.18 Å². The molecule has 0 fully saturated rings. The van der Waals surface area contributed by atoms with E-state index in [0.717, 1.165) is 12.1 Å². The van der Waals surface area contributed by atoms with Gasteiger partial charge in [-0.25, -0.2) is 0 Å².